The molecule has 9 heteroatoms. The minimum atomic E-state index is -0.472. The molecule has 0 aliphatic rings. The Morgan fingerprint density at radius 3 is 2.58 bits per heavy atom. The lowest BCUT2D eigenvalue weighted by atomic mass is 10.1. The van der Waals surface area contributed by atoms with Crippen LogP contribution in [0.4, 0.5) is 22.0 Å². The van der Waals surface area contributed by atoms with Gasteiger partial charge in [-0.15, -0.1) is 5.10 Å². The van der Waals surface area contributed by atoms with Crippen molar-refractivity contribution in [2.24, 2.45) is 0 Å². The predicted octanol–water partition coefficient (Wildman–Crippen LogP) is 4.32. The van der Waals surface area contributed by atoms with Crippen LogP contribution in [0, 0.1) is 0 Å². The van der Waals surface area contributed by atoms with Crippen LogP contribution in [0.15, 0.2) is 60.7 Å². The van der Waals surface area contributed by atoms with Crippen LogP contribution >= 0.6 is 0 Å². The highest BCUT2D eigenvalue weighted by atomic mass is 16.5. The van der Waals surface area contributed by atoms with E-state index in [-0.39, 0.29) is 17.6 Å². The quantitative estimate of drug-likeness (QED) is 0.381. The molecule has 9 nitrogen and oxygen atoms in total. The van der Waals surface area contributed by atoms with E-state index in [0.29, 0.717) is 28.2 Å². The highest BCUT2D eigenvalue weighted by Crippen LogP contribution is 2.24. The molecule has 0 aliphatic heterocycles. The molecule has 33 heavy (non-hydrogen) atoms. The Labute approximate surface area is 190 Å². The monoisotopic (exact) mass is 444 g/mol. The Hall–Kier alpha value is -4.40. The summed E-state index contributed by atoms with van der Waals surface area (Å²) in [6, 6.07) is 16.9. The van der Waals surface area contributed by atoms with Crippen molar-refractivity contribution in [3.63, 3.8) is 0 Å². The first-order chi connectivity index (χ1) is 15.9. The summed E-state index contributed by atoms with van der Waals surface area (Å²) >= 11 is 0. The summed E-state index contributed by atoms with van der Waals surface area (Å²) < 4.78 is 6.90. The second kappa shape index (κ2) is 8.99. The lowest BCUT2D eigenvalue weighted by molar-refractivity contribution is 0.102. The van der Waals surface area contributed by atoms with Crippen LogP contribution < -0.4 is 21.1 Å². The number of anilines is 3. The molecule has 168 valence electrons. The lowest BCUT2D eigenvalue weighted by Crippen LogP contribution is -2.20. The Morgan fingerprint density at radius 1 is 1.03 bits per heavy atom. The minimum Gasteiger partial charge on any atom is -0.495 e. The Bertz CT molecular complexity index is 1350. The molecule has 0 bridgehead atoms. The number of aromatic nitrogens is 3. The summed E-state index contributed by atoms with van der Waals surface area (Å²) in [7, 11) is 1.53. The van der Waals surface area contributed by atoms with Gasteiger partial charge in [0.2, 0.25) is 11.6 Å². The molecule has 2 aromatic carbocycles. The van der Waals surface area contributed by atoms with Gasteiger partial charge in [0.05, 0.1) is 12.8 Å². The van der Waals surface area contributed by atoms with Gasteiger partial charge in [-0.25, -0.2) is 14.3 Å². The van der Waals surface area contributed by atoms with Gasteiger partial charge in [0.1, 0.15) is 11.3 Å². The number of nitrogens with two attached hydrogens (primary N) is 1. The fourth-order valence-electron chi connectivity index (χ4n) is 3.47. The number of rotatable bonds is 6. The topological polar surface area (TPSA) is 124 Å². The molecule has 0 saturated carbocycles. The van der Waals surface area contributed by atoms with Crippen LogP contribution in [0.3, 0.4) is 0 Å². The first-order valence-corrected chi connectivity index (χ1v) is 10.4. The van der Waals surface area contributed by atoms with E-state index < -0.39 is 11.8 Å². The number of fused-ring (bicyclic) bond motifs is 1. The highest BCUT2D eigenvalue weighted by Gasteiger charge is 2.18. The van der Waals surface area contributed by atoms with Crippen LogP contribution in [-0.4, -0.2) is 33.5 Å². The number of ketones is 1. The molecule has 0 spiro atoms. The lowest BCUT2D eigenvalue weighted by Gasteiger charge is -2.11. The minimum absolute atomic E-state index is 0.0197. The average molecular weight is 444 g/mol. The van der Waals surface area contributed by atoms with Crippen LogP contribution in [0.25, 0.3) is 5.52 Å². The second-order valence-corrected chi connectivity index (χ2v) is 7.72. The fraction of sp³-hybridized carbons (Fsp3) is 0.167. The molecule has 0 radical (unpaired) electrons. The summed E-state index contributed by atoms with van der Waals surface area (Å²) in [6.07, 6.45) is 0. The molecule has 2 heterocycles. The molecule has 2 amide bonds. The molecular formula is C24H24N6O3. The standard InChI is InChI=1S/C24H24N6O3/c1-14(2)18-11-12-19-22(25)28-23(29-30(18)19)21(31)15-7-6-8-16(13-15)26-24(32)27-17-9-4-5-10-20(17)33-3/h4-14H,1-3H3,(H2,25,28,29)(H2,26,27,32). The van der Waals surface area contributed by atoms with Crippen molar-refractivity contribution in [2.45, 2.75) is 19.8 Å². The van der Waals surface area contributed by atoms with Crippen LogP contribution in [0.2, 0.25) is 0 Å². The second-order valence-electron chi connectivity index (χ2n) is 7.72. The van der Waals surface area contributed by atoms with E-state index in [9.17, 15) is 9.59 Å². The molecule has 0 unspecified atom stereocenters. The zero-order valence-electron chi connectivity index (χ0n) is 18.5. The number of ether oxygens (including phenoxy) is 1. The number of nitrogens with zero attached hydrogens (tertiary/aromatic N) is 3. The van der Waals surface area contributed by atoms with Crippen LogP contribution in [0.1, 0.15) is 41.6 Å². The molecule has 0 saturated heterocycles. The zero-order chi connectivity index (χ0) is 23.5. The molecule has 4 N–H and O–H groups in total. The smallest absolute Gasteiger partial charge is 0.323 e. The largest absolute Gasteiger partial charge is 0.495 e. The first-order valence-electron chi connectivity index (χ1n) is 10.4. The van der Waals surface area contributed by atoms with Gasteiger partial charge in [0, 0.05) is 16.9 Å². The van der Waals surface area contributed by atoms with Gasteiger partial charge in [-0.05, 0) is 42.3 Å². The molecule has 0 aliphatic carbocycles. The van der Waals surface area contributed by atoms with Crippen molar-refractivity contribution in [1.29, 1.82) is 0 Å². The fourth-order valence-corrected chi connectivity index (χ4v) is 3.47. The number of hydrogen-bond acceptors (Lipinski definition) is 6. The summed E-state index contributed by atoms with van der Waals surface area (Å²) in [5.41, 5.74) is 8.94. The number of carbonyl (C=O) groups excluding carboxylic acids is 2. The van der Waals surface area contributed by atoms with Crippen molar-refractivity contribution in [2.75, 3.05) is 23.5 Å². The first kappa shape index (κ1) is 21.8. The maximum atomic E-state index is 13.1. The van der Waals surface area contributed by atoms with Crippen molar-refractivity contribution < 1.29 is 14.3 Å². The summed E-state index contributed by atoms with van der Waals surface area (Å²) in [5.74, 6) is 0.534. The van der Waals surface area contributed by atoms with Crippen molar-refractivity contribution in [3.8, 4) is 5.75 Å². The number of carbonyl (C=O) groups is 2. The maximum absolute atomic E-state index is 13.1. The van der Waals surface area contributed by atoms with Crippen LogP contribution in [-0.2, 0) is 0 Å². The molecule has 2 aromatic heterocycles. The zero-order valence-corrected chi connectivity index (χ0v) is 18.5. The third-order valence-corrected chi connectivity index (χ3v) is 5.10. The van der Waals surface area contributed by atoms with Gasteiger partial charge in [-0.3, -0.25) is 4.79 Å². The van der Waals surface area contributed by atoms with Crippen molar-refractivity contribution >= 4 is 34.5 Å². The number of amides is 2. The predicted molar refractivity (Wildman–Crippen MR) is 127 cm³/mol. The van der Waals surface area contributed by atoms with E-state index in [4.69, 9.17) is 10.5 Å². The van der Waals surface area contributed by atoms with E-state index >= 15 is 0 Å². The van der Waals surface area contributed by atoms with E-state index in [1.165, 1.54) is 7.11 Å². The number of para-hydroxylation sites is 2. The summed E-state index contributed by atoms with van der Waals surface area (Å²) in [6.45, 7) is 4.07. The average Bonchev–Trinajstić information content (AvgIpc) is 3.24. The highest BCUT2D eigenvalue weighted by molar-refractivity contribution is 6.08. The van der Waals surface area contributed by atoms with Crippen molar-refractivity contribution in [1.82, 2.24) is 14.6 Å². The van der Waals surface area contributed by atoms with E-state index in [0.717, 1.165) is 5.69 Å². The number of urea groups is 1. The van der Waals surface area contributed by atoms with Gasteiger partial charge < -0.3 is 21.1 Å². The van der Waals surface area contributed by atoms with Crippen molar-refractivity contribution in [3.05, 3.63) is 77.7 Å². The van der Waals surface area contributed by atoms with Gasteiger partial charge in [-0.2, -0.15) is 0 Å². The molecule has 4 aromatic rings. The Morgan fingerprint density at radius 2 is 1.82 bits per heavy atom. The van der Waals surface area contributed by atoms with Gasteiger partial charge in [0.25, 0.3) is 0 Å². The van der Waals surface area contributed by atoms with Gasteiger partial charge in [0.15, 0.2) is 5.82 Å². The SMILES string of the molecule is COc1ccccc1NC(=O)Nc1cccc(C(=O)c2nc(N)c3ccc(C(C)C)n3n2)c1. The molecule has 4 rings (SSSR count). The third kappa shape index (κ3) is 4.47. The summed E-state index contributed by atoms with van der Waals surface area (Å²) in [4.78, 5) is 29.8. The van der Waals surface area contributed by atoms with E-state index in [1.54, 1.807) is 53.0 Å². The number of methoxy groups -OCH3 is 1. The summed E-state index contributed by atoms with van der Waals surface area (Å²) in [5, 5.41) is 9.87. The maximum Gasteiger partial charge on any atom is 0.323 e. The Balaban J connectivity index is 1.57. The third-order valence-electron chi connectivity index (χ3n) is 5.10. The number of nitrogens with one attached hydrogen (secondary N) is 2. The number of nitrogen functional groups attached to an aromatic ring is 1. The number of hydrogen-bond donors (Lipinski definition) is 3. The van der Waals surface area contributed by atoms with Gasteiger partial charge >= 0.3 is 6.03 Å². The van der Waals surface area contributed by atoms with Gasteiger partial charge in [-0.1, -0.05) is 38.1 Å². The Kier molecular flexibility index (Phi) is 5.95. The normalized spacial score (nSPS) is 10.9. The van der Waals surface area contributed by atoms with Crippen LogP contribution in [0.5, 0.6) is 5.75 Å². The number of benzene rings is 2. The van der Waals surface area contributed by atoms with E-state index in [1.807, 2.05) is 26.0 Å². The molecule has 0 fully saturated rings. The molecular weight excluding hydrogens is 420 g/mol. The van der Waals surface area contributed by atoms with E-state index in [2.05, 4.69) is 20.7 Å². The molecule has 0 atom stereocenters.